The molecule has 2 heterocycles. The van der Waals surface area contributed by atoms with Gasteiger partial charge < -0.3 is 10.0 Å². The fourth-order valence-electron chi connectivity index (χ4n) is 3.25. The topological polar surface area (TPSA) is 70.5 Å². The van der Waals surface area contributed by atoms with E-state index in [0.717, 1.165) is 17.7 Å². The number of pyridine rings is 1. The minimum Gasteiger partial charge on any atom is -0.481 e. The fourth-order valence-corrected chi connectivity index (χ4v) is 3.25. The van der Waals surface area contributed by atoms with Gasteiger partial charge in [0.05, 0.1) is 5.92 Å². The first-order chi connectivity index (χ1) is 12.0. The Morgan fingerprint density at radius 2 is 1.96 bits per heavy atom. The number of aryl methyl sites for hydroxylation is 1. The van der Waals surface area contributed by atoms with Gasteiger partial charge in [0.15, 0.2) is 0 Å². The zero-order valence-corrected chi connectivity index (χ0v) is 13.9. The lowest BCUT2D eigenvalue weighted by Gasteiger charge is -2.17. The van der Waals surface area contributed by atoms with Crippen LogP contribution in [0.5, 0.6) is 0 Å². The van der Waals surface area contributed by atoms with Crippen LogP contribution in [-0.2, 0) is 11.2 Å². The number of rotatable bonds is 4. The lowest BCUT2D eigenvalue weighted by molar-refractivity contribution is -0.141. The van der Waals surface area contributed by atoms with E-state index in [0.29, 0.717) is 12.1 Å². The second-order valence-corrected chi connectivity index (χ2v) is 6.20. The minimum atomic E-state index is -0.950. The Kier molecular flexibility index (Phi) is 4.79. The summed E-state index contributed by atoms with van der Waals surface area (Å²) in [4.78, 5) is 30.1. The molecule has 0 unspecified atom stereocenters. The quantitative estimate of drug-likeness (QED) is 0.927. The third kappa shape index (κ3) is 3.52. The molecule has 0 radical (unpaired) electrons. The van der Waals surface area contributed by atoms with E-state index in [4.69, 9.17) is 0 Å². The Balaban J connectivity index is 1.85. The van der Waals surface area contributed by atoms with Gasteiger partial charge in [0.25, 0.3) is 5.91 Å². The molecule has 5 nitrogen and oxygen atoms in total. The number of hydrogen-bond acceptors (Lipinski definition) is 3. The molecule has 6 heteroatoms. The number of amides is 1. The molecular formula is C19H19FN2O3. The lowest BCUT2D eigenvalue weighted by Crippen LogP contribution is -2.30. The number of carbonyl (C=O) groups is 2. The van der Waals surface area contributed by atoms with Crippen molar-refractivity contribution in [1.29, 1.82) is 0 Å². The average molecular weight is 342 g/mol. The van der Waals surface area contributed by atoms with Crippen molar-refractivity contribution in [1.82, 2.24) is 9.88 Å². The third-order valence-corrected chi connectivity index (χ3v) is 4.65. The normalized spacial score (nSPS) is 19.8. The van der Waals surface area contributed by atoms with Gasteiger partial charge in [-0.05, 0) is 36.2 Å². The van der Waals surface area contributed by atoms with E-state index in [2.05, 4.69) is 4.98 Å². The molecule has 1 aromatic carbocycles. The van der Waals surface area contributed by atoms with Gasteiger partial charge >= 0.3 is 5.97 Å². The van der Waals surface area contributed by atoms with Crippen LogP contribution in [0.2, 0.25) is 0 Å². The summed E-state index contributed by atoms with van der Waals surface area (Å²) >= 11 is 0. The lowest BCUT2D eigenvalue weighted by atomic mass is 9.89. The van der Waals surface area contributed by atoms with E-state index in [1.54, 1.807) is 35.4 Å². The zero-order chi connectivity index (χ0) is 18.0. The first-order valence-corrected chi connectivity index (χ1v) is 8.22. The highest BCUT2D eigenvalue weighted by molar-refractivity contribution is 5.95. The van der Waals surface area contributed by atoms with Gasteiger partial charge in [-0.3, -0.25) is 14.6 Å². The van der Waals surface area contributed by atoms with E-state index < -0.39 is 11.9 Å². The standard InChI is InChI=1S/C19H19FN2O3/c1-2-15-9-13(7-8-21-15)18(23)22-10-16(17(11-22)19(24)25)12-3-5-14(20)6-4-12/h3-9,16-17H,2,10-11H2,1H3,(H,24,25)/t16-,17+/m1/s1. The van der Waals surface area contributed by atoms with Crippen molar-refractivity contribution < 1.29 is 19.1 Å². The summed E-state index contributed by atoms with van der Waals surface area (Å²) in [6.45, 7) is 2.39. The van der Waals surface area contributed by atoms with E-state index in [9.17, 15) is 19.1 Å². The molecular weight excluding hydrogens is 323 g/mol. The number of carboxylic acids is 1. The van der Waals surface area contributed by atoms with Crippen molar-refractivity contribution in [2.24, 2.45) is 5.92 Å². The zero-order valence-electron chi connectivity index (χ0n) is 13.9. The predicted octanol–water partition coefficient (Wildman–Crippen LogP) is 2.72. The summed E-state index contributed by atoms with van der Waals surface area (Å²) in [5.41, 5.74) is 2.05. The van der Waals surface area contributed by atoms with Crippen molar-refractivity contribution in [2.45, 2.75) is 19.3 Å². The highest BCUT2D eigenvalue weighted by Crippen LogP contribution is 2.33. The number of aromatic nitrogens is 1. The maximum atomic E-state index is 13.1. The number of hydrogen-bond donors (Lipinski definition) is 1. The molecule has 25 heavy (non-hydrogen) atoms. The van der Waals surface area contributed by atoms with Crippen LogP contribution >= 0.6 is 0 Å². The van der Waals surface area contributed by atoms with Crippen LogP contribution in [0.15, 0.2) is 42.6 Å². The molecule has 1 fully saturated rings. The average Bonchev–Trinajstić information content (AvgIpc) is 3.07. The van der Waals surface area contributed by atoms with Gasteiger partial charge in [-0.2, -0.15) is 0 Å². The first-order valence-electron chi connectivity index (χ1n) is 8.22. The smallest absolute Gasteiger partial charge is 0.308 e. The fraction of sp³-hybridized carbons (Fsp3) is 0.316. The third-order valence-electron chi connectivity index (χ3n) is 4.65. The molecule has 1 aromatic heterocycles. The van der Waals surface area contributed by atoms with Crippen molar-refractivity contribution >= 4 is 11.9 Å². The largest absolute Gasteiger partial charge is 0.481 e. The van der Waals surface area contributed by atoms with Crippen LogP contribution in [0.1, 0.15) is 34.5 Å². The van der Waals surface area contributed by atoms with Gasteiger partial charge in [-0.25, -0.2) is 4.39 Å². The van der Waals surface area contributed by atoms with Crippen LogP contribution in [0.4, 0.5) is 4.39 Å². The molecule has 2 aromatic rings. The highest BCUT2D eigenvalue weighted by atomic mass is 19.1. The molecule has 130 valence electrons. The summed E-state index contributed by atoms with van der Waals surface area (Å²) in [5, 5.41) is 9.53. The number of carboxylic acid groups (broad SMARTS) is 1. The van der Waals surface area contributed by atoms with Gasteiger partial charge in [-0.1, -0.05) is 19.1 Å². The van der Waals surface area contributed by atoms with E-state index in [1.165, 1.54) is 12.1 Å². The van der Waals surface area contributed by atoms with Gasteiger partial charge in [0, 0.05) is 36.5 Å². The number of aliphatic carboxylic acids is 1. The van der Waals surface area contributed by atoms with Crippen LogP contribution < -0.4 is 0 Å². The predicted molar refractivity (Wildman–Crippen MR) is 89.8 cm³/mol. The van der Waals surface area contributed by atoms with Crippen LogP contribution in [0.3, 0.4) is 0 Å². The number of halogens is 1. The maximum Gasteiger partial charge on any atom is 0.308 e. The monoisotopic (exact) mass is 342 g/mol. The van der Waals surface area contributed by atoms with Crippen molar-refractivity contribution in [3.63, 3.8) is 0 Å². The molecule has 1 aliphatic heterocycles. The Morgan fingerprint density at radius 3 is 2.60 bits per heavy atom. The van der Waals surface area contributed by atoms with Gasteiger partial charge in [0.2, 0.25) is 0 Å². The summed E-state index contributed by atoms with van der Waals surface area (Å²) < 4.78 is 13.1. The van der Waals surface area contributed by atoms with E-state index in [1.807, 2.05) is 6.92 Å². The van der Waals surface area contributed by atoms with Crippen molar-refractivity contribution in [2.75, 3.05) is 13.1 Å². The molecule has 1 aliphatic rings. The molecule has 0 saturated carbocycles. The first kappa shape index (κ1) is 17.1. The maximum absolute atomic E-state index is 13.1. The highest BCUT2D eigenvalue weighted by Gasteiger charge is 2.40. The molecule has 1 N–H and O–H groups in total. The second-order valence-electron chi connectivity index (χ2n) is 6.20. The number of likely N-dealkylation sites (tertiary alicyclic amines) is 1. The molecule has 1 saturated heterocycles. The molecule has 3 rings (SSSR count). The van der Waals surface area contributed by atoms with Crippen LogP contribution in [0, 0.1) is 11.7 Å². The minimum absolute atomic E-state index is 0.139. The Bertz CT molecular complexity index is 792. The molecule has 0 aliphatic carbocycles. The van der Waals surface area contributed by atoms with Crippen LogP contribution in [-0.4, -0.2) is 40.0 Å². The van der Waals surface area contributed by atoms with Gasteiger partial charge in [-0.15, -0.1) is 0 Å². The Hall–Kier alpha value is -2.76. The summed E-state index contributed by atoms with van der Waals surface area (Å²) in [6, 6.07) is 9.19. The summed E-state index contributed by atoms with van der Waals surface area (Å²) in [5.74, 6) is -2.58. The van der Waals surface area contributed by atoms with E-state index >= 15 is 0 Å². The number of carbonyl (C=O) groups excluding carboxylic acids is 1. The summed E-state index contributed by atoms with van der Waals surface area (Å²) in [7, 11) is 0. The number of nitrogens with zero attached hydrogens (tertiary/aromatic N) is 2. The van der Waals surface area contributed by atoms with Crippen molar-refractivity contribution in [3.05, 3.63) is 65.2 Å². The van der Waals surface area contributed by atoms with Crippen LogP contribution in [0.25, 0.3) is 0 Å². The summed E-state index contributed by atoms with van der Waals surface area (Å²) in [6.07, 6.45) is 2.31. The molecule has 0 bridgehead atoms. The Morgan fingerprint density at radius 1 is 1.24 bits per heavy atom. The SMILES string of the molecule is CCc1cc(C(=O)N2C[C@H](C(=O)O)[C@@H](c3ccc(F)cc3)C2)ccn1. The molecule has 2 atom stereocenters. The van der Waals surface area contributed by atoms with Gasteiger partial charge in [0.1, 0.15) is 5.82 Å². The Labute approximate surface area is 145 Å². The second kappa shape index (κ2) is 7.01. The number of benzene rings is 1. The molecule has 1 amide bonds. The van der Waals surface area contributed by atoms with E-state index in [-0.39, 0.29) is 24.2 Å². The van der Waals surface area contributed by atoms with Crippen molar-refractivity contribution in [3.8, 4) is 0 Å². The molecule has 0 spiro atoms.